The van der Waals surface area contributed by atoms with Crippen LogP contribution in [0.1, 0.15) is 12.0 Å². The summed E-state index contributed by atoms with van der Waals surface area (Å²) in [6.07, 6.45) is 8.78. The van der Waals surface area contributed by atoms with E-state index < -0.39 is 0 Å². The van der Waals surface area contributed by atoms with Crippen LogP contribution in [0.3, 0.4) is 0 Å². The minimum absolute atomic E-state index is 0.221. The third kappa shape index (κ3) is 3.89. The first-order chi connectivity index (χ1) is 7.76. The molecule has 0 aliphatic heterocycles. The lowest BCUT2D eigenvalue weighted by atomic mass is 10.2. The summed E-state index contributed by atoms with van der Waals surface area (Å²) in [5.74, 6) is 0.294. The highest BCUT2D eigenvalue weighted by molar-refractivity contribution is 5.70. The first-order valence-corrected chi connectivity index (χ1v) is 4.74. The third-order valence-corrected chi connectivity index (χ3v) is 1.81. The Hall–Kier alpha value is -2.21. The topological polar surface area (TPSA) is 35.5 Å². The molecule has 1 aromatic rings. The van der Waals surface area contributed by atoms with E-state index in [1.165, 1.54) is 6.08 Å². The van der Waals surface area contributed by atoms with Crippen LogP contribution in [-0.4, -0.2) is 5.97 Å². The van der Waals surface area contributed by atoms with Gasteiger partial charge < -0.3 is 9.47 Å². The first kappa shape index (κ1) is 11.9. The first-order valence-electron chi connectivity index (χ1n) is 4.74. The van der Waals surface area contributed by atoms with E-state index in [9.17, 15) is 4.79 Å². The van der Waals surface area contributed by atoms with Gasteiger partial charge in [-0.2, -0.15) is 0 Å². The van der Waals surface area contributed by atoms with Crippen molar-refractivity contribution >= 4 is 5.97 Å². The summed E-state index contributed by atoms with van der Waals surface area (Å²) < 4.78 is 9.81. The fourth-order valence-electron chi connectivity index (χ4n) is 1.06. The van der Waals surface area contributed by atoms with Crippen molar-refractivity contribution in [3.8, 4) is 18.3 Å². The van der Waals surface area contributed by atoms with Gasteiger partial charge in [0, 0.05) is 0 Å². The molecule has 0 aliphatic carbocycles. The van der Waals surface area contributed by atoms with Crippen LogP contribution in [0, 0.1) is 12.5 Å². The van der Waals surface area contributed by atoms with Gasteiger partial charge in [-0.1, -0.05) is 24.6 Å². The fraction of sp³-hybridized carbons (Fsp3) is 0.154. The van der Waals surface area contributed by atoms with Crippen LogP contribution in [0.2, 0.25) is 0 Å². The summed E-state index contributed by atoms with van der Waals surface area (Å²) in [7, 11) is 0. The SMILES string of the molecule is C#COc1ccc(COC(=O)CC=C)cc1. The van der Waals surface area contributed by atoms with E-state index in [4.69, 9.17) is 15.9 Å². The van der Waals surface area contributed by atoms with E-state index in [-0.39, 0.29) is 19.0 Å². The molecule has 0 atom stereocenters. The van der Waals surface area contributed by atoms with Crippen molar-refractivity contribution in [2.24, 2.45) is 0 Å². The van der Waals surface area contributed by atoms with Gasteiger partial charge in [0.25, 0.3) is 0 Å². The minimum atomic E-state index is -0.293. The van der Waals surface area contributed by atoms with Gasteiger partial charge in [0.05, 0.1) is 6.42 Å². The maximum atomic E-state index is 11.0. The Balaban J connectivity index is 2.46. The molecule has 82 valence electrons. The number of benzene rings is 1. The number of esters is 1. The summed E-state index contributed by atoms with van der Waals surface area (Å²) in [6, 6.07) is 7.01. The highest BCUT2D eigenvalue weighted by Crippen LogP contribution is 2.12. The average Bonchev–Trinajstić information content (AvgIpc) is 2.29. The van der Waals surface area contributed by atoms with Gasteiger partial charge in [0.15, 0.2) is 0 Å². The molecule has 0 aromatic heterocycles. The number of hydrogen-bond donors (Lipinski definition) is 0. The molecule has 1 aromatic carbocycles. The molecule has 0 fully saturated rings. The second-order valence-corrected chi connectivity index (χ2v) is 3.02. The second kappa shape index (κ2) is 6.31. The predicted octanol–water partition coefficient (Wildman–Crippen LogP) is 2.28. The van der Waals surface area contributed by atoms with Crippen molar-refractivity contribution < 1.29 is 14.3 Å². The van der Waals surface area contributed by atoms with Crippen molar-refractivity contribution in [2.45, 2.75) is 13.0 Å². The summed E-state index contributed by atoms with van der Waals surface area (Å²) in [4.78, 5) is 11.0. The standard InChI is InChI=1S/C13H12O3/c1-3-5-13(14)16-10-11-6-8-12(9-7-11)15-4-2/h2-3,6-9H,1,5,10H2. The van der Waals surface area contributed by atoms with Crippen LogP contribution in [0.5, 0.6) is 5.75 Å². The van der Waals surface area contributed by atoms with Crippen LogP contribution in [0.25, 0.3) is 0 Å². The van der Waals surface area contributed by atoms with E-state index >= 15 is 0 Å². The average molecular weight is 216 g/mol. The molecule has 0 spiro atoms. The smallest absolute Gasteiger partial charge is 0.309 e. The van der Waals surface area contributed by atoms with Crippen molar-refractivity contribution in [1.29, 1.82) is 0 Å². The maximum Gasteiger partial charge on any atom is 0.309 e. The van der Waals surface area contributed by atoms with Crippen LogP contribution in [0.4, 0.5) is 0 Å². The fourth-order valence-corrected chi connectivity index (χ4v) is 1.06. The van der Waals surface area contributed by atoms with E-state index in [0.29, 0.717) is 5.75 Å². The molecule has 0 heterocycles. The molecule has 0 N–H and O–H groups in total. The van der Waals surface area contributed by atoms with Crippen molar-refractivity contribution in [3.63, 3.8) is 0 Å². The molecule has 3 nitrogen and oxygen atoms in total. The molecule has 0 aliphatic rings. The maximum absolute atomic E-state index is 11.0. The molecule has 3 heteroatoms. The Morgan fingerprint density at radius 3 is 2.69 bits per heavy atom. The van der Waals surface area contributed by atoms with Crippen LogP contribution >= 0.6 is 0 Å². The van der Waals surface area contributed by atoms with Gasteiger partial charge in [0.2, 0.25) is 0 Å². The molecular formula is C13H12O3. The van der Waals surface area contributed by atoms with Gasteiger partial charge in [0.1, 0.15) is 18.5 Å². The highest BCUT2D eigenvalue weighted by atomic mass is 16.5. The molecule has 1 rings (SSSR count). The molecule has 0 amide bonds. The monoisotopic (exact) mass is 216 g/mol. The summed E-state index contributed by atoms with van der Waals surface area (Å²) in [6.45, 7) is 3.69. The minimum Gasteiger partial charge on any atom is -0.461 e. The van der Waals surface area contributed by atoms with Gasteiger partial charge in [-0.3, -0.25) is 4.79 Å². The normalized spacial score (nSPS) is 8.94. The Morgan fingerprint density at radius 1 is 1.44 bits per heavy atom. The Labute approximate surface area is 94.7 Å². The lowest BCUT2D eigenvalue weighted by Crippen LogP contribution is -2.02. The summed E-state index contributed by atoms with van der Waals surface area (Å²) >= 11 is 0. The van der Waals surface area contributed by atoms with Crippen molar-refractivity contribution in [2.75, 3.05) is 0 Å². The molecule has 0 saturated carbocycles. The number of carbonyl (C=O) groups excluding carboxylic acids is 1. The number of terminal acetylenes is 1. The lowest BCUT2D eigenvalue weighted by molar-refractivity contribution is -0.143. The highest BCUT2D eigenvalue weighted by Gasteiger charge is 2.00. The molecule has 16 heavy (non-hydrogen) atoms. The van der Waals surface area contributed by atoms with E-state index in [1.54, 1.807) is 24.3 Å². The zero-order chi connectivity index (χ0) is 11.8. The quantitative estimate of drug-likeness (QED) is 0.430. The lowest BCUT2D eigenvalue weighted by Gasteiger charge is -2.04. The summed E-state index contributed by atoms with van der Waals surface area (Å²) in [5, 5.41) is 0. The van der Waals surface area contributed by atoms with Crippen molar-refractivity contribution in [3.05, 3.63) is 42.5 Å². The third-order valence-electron chi connectivity index (χ3n) is 1.81. The van der Waals surface area contributed by atoms with Gasteiger partial charge in [-0.05, 0) is 17.7 Å². The zero-order valence-corrected chi connectivity index (χ0v) is 8.81. The van der Waals surface area contributed by atoms with Crippen LogP contribution < -0.4 is 4.74 Å². The molecule has 0 saturated heterocycles. The molecular weight excluding hydrogens is 204 g/mol. The second-order valence-electron chi connectivity index (χ2n) is 3.02. The van der Waals surface area contributed by atoms with Crippen LogP contribution in [-0.2, 0) is 16.1 Å². The predicted molar refractivity (Wildman–Crippen MR) is 60.5 cm³/mol. The Bertz CT molecular complexity index is 398. The van der Waals surface area contributed by atoms with E-state index in [0.717, 1.165) is 5.56 Å². The molecule has 0 bridgehead atoms. The summed E-state index contributed by atoms with van der Waals surface area (Å²) in [5.41, 5.74) is 0.877. The molecule has 0 unspecified atom stereocenters. The van der Waals surface area contributed by atoms with Crippen molar-refractivity contribution in [1.82, 2.24) is 0 Å². The van der Waals surface area contributed by atoms with E-state index in [1.807, 2.05) is 0 Å². The zero-order valence-electron chi connectivity index (χ0n) is 8.81. The molecule has 0 radical (unpaired) electrons. The number of hydrogen-bond acceptors (Lipinski definition) is 3. The number of rotatable bonds is 5. The van der Waals surface area contributed by atoms with Gasteiger partial charge >= 0.3 is 5.97 Å². The Kier molecular flexibility index (Phi) is 4.68. The van der Waals surface area contributed by atoms with E-state index in [2.05, 4.69) is 12.7 Å². The van der Waals surface area contributed by atoms with Crippen LogP contribution in [0.15, 0.2) is 36.9 Å². The van der Waals surface area contributed by atoms with Gasteiger partial charge in [-0.15, -0.1) is 6.58 Å². The Morgan fingerprint density at radius 2 is 2.12 bits per heavy atom. The largest absolute Gasteiger partial charge is 0.461 e. The number of ether oxygens (including phenoxy) is 2. The van der Waals surface area contributed by atoms with Gasteiger partial charge in [-0.25, -0.2) is 0 Å². The number of carbonyl (C=O) groups is 1.